The molecule has 0 rings (SSSR count). The first-order valence-electron chi connectivity index (χ1n) is 32.5. The van der Waals surface area contributed by atoms with Crippen molar-refractivity contribution in [3.63, 3.8) is 0 Å². The van der Waals surface area contributed by atoms with Gasteiger partial charge in [0.05, 0.1) is 0 Å². The summed E-state index contributed by atoms with van der Waals surface area (Å²) in [5, 5.41) is 0. The van der Waals surface area contributed by atoms with Crippen LogP contribution in [0, 0.1) is 0 Å². The molecule has 78 heavy (non-hydrogen) atoms. The molecule has 0 aromatic carbocycles. The molecule has 0 radical (unpaired) electrons. The molecule has 0 N–H and O–H groups in total. The molecular formula is C72H120O6. The third kappa shape index (κ3) is 62.7. The lowest BCUT2D eigenvalue weighted by atomic mass is 10.1. The Labute approximate surface area is 482 Å². The van der Waals surface area contributed by atoms with Crippen LogP contribution in [0.25, 0.3) is 0 Å². The normalized spacial score (nSPS) is 12.9. The lowest BCUT2D eigenvalue weighted by Crippen LogP contribution is -2.30. The lowest BCUT2D eigenvalue weighted by Gasteiger charge is -2.18. The zero-order valence-corrected chi connectivity index (χ0v) is 50.9. The molecule has 0 amide bonds. The van der Waals surface area contributed by atoms with Crippen LogP contribution in [0.1, 0.15) is 297 Å². The Morgan fingerprint density at radius 1 is 0.269 bits per heavy atom. The van der Waals surface area contributed by atoms with Gasteiger partial charge in [0.1, 0.15) is 13.2 Å². The molecule has 0 aliphatic rings. The monoisotopic (exact) mass is 1080 g/mol. The van der Waals surface area contributed by atoms with Crippen molar-refractivity contribution >= 4 is 17.9 Å². The Balaban J connectivity index is 4.32. The molecule has 0 saturated heterocycles. The van der Waals surface area contributed by atoms with Gasteiger partial charge in [-0.3, -0.25) is 14.4 Å². The minimum atomic E-state index is -0.794. The minimum absolute atomic E-state index is 0.0889. The Bertz CT molecular complexity index is 1620. The summed E-state index contributed by atoms with van der Waals surface area (Å²) >= 11 is 0. The van der Waals surface area contributed by atoms with Gasteiger partial charge in [-0.15, -0.1) is 0 Å². The summed E-state index contributed by atoms with van der Waals surface area (Å²) < 4.78 is 16.9. The Hall–Kier alpha value is -4.19. The number of hydrogen-bond donors (Lipinski definition) is 0. The number of allylic oxidation sites excluding steroid dienone is 20. The third-order valence-electron chi connectivity index (χ3n) is 13.7. The molecule has 0 heterocycles. The van der Waals surface area contributed by atoms with Gasteiger partial charge in [0, 0.05) is 19.3 Å². The first-order valence-corrected chi connectivity index (χ1v) is 32.5. The molecule has 0 spiro atoms. The van der Waals surface area contributed by atoms with E-state index >= 15 is 0 Å². The average Bonchev–Trinajstić information content (AvgIpc) is 3.44. The van der Waals surface area contributed by atoms with E-state index in [1.165, 1.54) is 135 Å². The fourth-order valence-corrected chi connectivity index (χ4v) is 8.84. The van der Waals surface area contributed by atoms with Crippen LogP contribution in [0.4, 0.5) is 0 Å². The maximum atomic E-state index is 12.9. The van der Waals surface area contributed by atoms with E-state index in [9.17, 15) is 14.4 Å². The second-order valence-corrected chi connectivity index (χ2v) is 21.3. The van der Waals surface area contributed by atoms with Crippen molar-refractivity contribution in [2.75, 3.05) is 13.2 Å². The average molecular weight is 1080 g/mol. The van der Waals surface area contributed by atoms with Gasteiger partial charge in [0.2, 0.25) is 0 Å². The Morgan fingerprint density at radius 2 is 0.500 bits per heavy atom. The van der Waals surface area contributed by atoms with Crippen LogP contribution in [0.2, 0.25) is 0 Å². The first kappa shape index (κ1) is 73.8. The van der Waals surface area contributed by atoms with E-state index in [4.69, 9.17) is 14.2 Å². The SMILES string of the molecule is CC/C=C\C/C=C\C/C=C\C/C=C\C/C=C\C/C=C\C/C=C\C/C=C\C/C=C\CCCCCC(=O)OCC(COC(=O)CCCCCCCCCCCC)OC(=O)CCCCCCCCCCC/C=C\CCCCCCCC. The van der Waals surface area contributed by atoms with Gasteiger partial charge >= 0.3 is 17.9 Å². The molecule has 444 valence electrons. The predicted molar refractivity (Wildman–Crippen MR) is 339 cm³/mol. The molecule has 0 aromatic heterocycles. The minimum Gasteiger partial charge on any atom is -0.462 e. The van der Waals surface area contributed by atoms with Crippen LogP contribution < -0.4 is 0 Å². The number of hydrogen-bond acceptors (Lipinski definition) is 6. The van der Waals surface area contributed by atoms with Crippen molar-refractivity contribution in [2.24, 2.45) is 0 Å². The van der Waals surface area contributed by atoms with Crippen molar-refractivity contribution in [3.8, 4) is 0 Å². The third-order valence-corrected chi connectivity index (χ3v) is 13.7. The number of esters is 3. The van der Waals surface area contributed by atoms with E-state index in [-0.39, 0.29) is 31.1 Å². The van der Waals surface area contributed by atoms with Gasteiger partial charge in [-0.05, 0) is 116 Å². The van der Waals surface area contributed by atoms with Crippen LogP contribution in [0.5, 0.6) is 0 Å². The van der Waals surface area contributed by atoms with Gasteiger partial charge in [-0.2, -0.15) is 0 Å². The van der Waals surface area contributed by atoms with Gasteiger partial charge in [-0.1, -0.05) is 284 Å². The molecule has 1 unspecified atom stereocenters. The quantitative estimate of drug-likeness (QED) is 0.0261. The van der Waals surface area contributed by atoms with Crippen molar-refractivity contribution in [1.82, 2.24) is 0 Å². The highest BCUT2D eigenvalue weighted by molar-refractivity contribution is 5.71. The highest BCUT2D eigenvalue weighted by atomic mass is 16.6. The van der Waals surface area contributed by atoms with Crippen molar-refractivity contribution in [1.29, 1.82) is 0 Å². The van der Waals surface area contributed by atoms with E-state index in [0.717, 1.165) is 122 Å². The standard InChI is InChI=1S/C72H120O6/c1-4-7-10-13-16-19-22-24-26-28-30-31-32-33-34-35-36-37-38-39-40-41-43-44-46-48-50-53-56-59-62-65-71(74)77-68-69(67-76-70(73)64-61-58-55-52-21-18-15-12-9-6-3)78-72(75)66-63-60-57-54-51-49-47-45-42-29-27-25-23-20-17-14-11-8-5-2/h7,10,16,19,24-27,30-31,33-34,36-37,39-40,43-44,48,50,69H,4-6,8-9,11-15,17-18,20-23,28-29,32,35,38,41-42,45-47,49,51-68H2,1-3H3/b10-7-,19-16-,26-24-,27-25-,31-30-,34-33-,37-36-,40-39-,44-43-,50-48-. The summed E-state index contributed by atoms with van der Waals surface area (Å²) in [6.45, 7) is 6.50. The van der Waals surface area contributed by atoms with Crippen molar-refractivity contribution in [3.05, 3.63) is 122 Å². The number of unbranched alkanes of at least 4 members (excludes halogenated alkanes) is 27. The smallest absolute Gasteiger partial charge is 0.306 e. The van der Waals surface area contributed by atoms with E-state index in [2.05, 4.69) is 142 Å². The molecule has 0 aromatic rings. The zero-order chi connectivity index (χ0) is 56.4. The van der Waals surface area contributed by atoms with Crippen LogP contribution in [0.15, 0.2) is 122 Å². The van der Waals surface area contributed by atoms with Crippen LogP contribution >= 0.6 is 0 Å². The van der Waals surface area contributed by atoms with E-state index in [1.54, 1.807) is 0 Å². The number of ether oxygens (including phenoxy) is 3. The van der Waals surface area contributed by atoms with Gasteiger partial charge in [-0.25, -0.2) is 0 Å². The van der Waals surface area contributed by atoms with E-state index in [1.807, 2.05) is 0 Å². The second-order valence-electron chi connectivity index (χ2n) is 21.3. The van der Waals surface area contributed by atoms with Crippen molar-refractivity contribution < 1.29 is 28.6 Å². The zero-order valence-electron chi connectivity index (χ0n) is 50.9. The molecular weight excluding hydrogens is 961 g/mol. The fraction of sp³-hybridized carbons (Fsp3) is 0.681. The number of rotatable bonds is 58. The summed E-state index contributed by atoms with van der Waals surface area (Å²) in [7, 11) is 0. The van der Waals surface area contributed by atoms with Crippen LogP contribution in [0.3, 0.4) is 0 Å². The van der Waals surface area contributed by atoms with E-state index in [0.29, 0.717) is 19.3 Å². The molecule has 0 saturated carbocycles. The lowest BCUT2D eigenvalue weighted by molar-refractivity contribution is -0.167. The van der Waals surface area contributed by atoms with E-state index < -0.39 is 6.10 Å². The predicted octanol–water partition coefficient (Wildman–Crippen LogP) is 22.4. The maximum absolute atomic E-state index is 12.9. The Morgan fingerprint density at radius 3 is 0.808 bits per heavy atom. The number of carbonyl (C=O) groups is 3. The van der Waals surface area contributed by atoms with Crippen LogP contribution in [-0.4, -0.2) is 37.2 Å². The van der Waals surface area contributed by atoms with Crippen molar-refractivity contribution in [2.45, 2.75) is 303 Å². The summed E-state index contributed by atoms with van der Waals surface area (Å²) in [5.41, 5.74) is 0. The highest BCUT2D eigenvalue weighted by Gasteiger charge is 2.19. The number of carbonyl (C=O) groups excluding carboxylic acids is 3. The van der Waals surface area contributed by atoms with Gasteiger partial charge in [0.15, 0.2) is 6.10 Å². The summed E-state index contributed by atoms with van der Waals surface area (Å²) in [5.74, 6) is -0.922. The second kappa shape index (κ2) is 65.3. The highest BCUT2D eigenvalue weighted by Crippen LogP contribution is 2.15. The molecule has 6 nitrogen and oxygen atoms in total. The van der Waals surface area contributed by atoms with Gasteiger partial charge in [0.25, 0.3) is 0 Å². The summed E-state index contributed by atoms with van der Waals surface area (Å²) in [4.78, 5) is 38.2. The molecule has 6 heteroatoms. The molecule has 1 atom stereocenters. The topological polar surface area (TPSA) is 78.9 Å². The largest absolute Gasteiger partial charge is 0.462 e. The molecule has 0 fully saturated rings. The maximum Gasteiger partial charge on any atom is 0.306 e. The Kier molecular flexibility index (Phi) is 61.8. The van der Waals surface area contributed by atoms with Crippen LogP contribution in [-0.2, 0) is 28.6 Å². The molecule has 0 aliphatic carbocycles. The van der Waals surface area contributed by atoms with Gasteiger partial charge < -0.3 is 14.2 Å². The first-order chi connectivity index (χ1) is 38.5. The molecule has 0 bridgehead atoms. The summed E-state index contributed by atoms with van der Waals surface area (Å²) in [6.07, 6.45) is 90.7. The summed E-state index contributed by atoms with van der Waals surface area (Å²) in [6, 6.07) is 0. The molecule has 0 aliphatic heterocycles. The fourth-order valence-electron chi connectivity index (χ4n) is 8.84.